The zero-order chi connectivity index (χ0) is 20.8. The number of carbonyl (C=O) groups excluding carboxylic acids is 1. The number of likely N-dealkylation sites (N-methyl/N-ethyl adjacent to an activating group) is 1. The number of carboxylic acids is 1. The van der Waals surface area contributed by atoms with Crippen LogP contribution in [0, 0.1) is 5.92 Å². The van der Waals surface area contributed by atoms with E-state index in [0.29, 0.717) is 24.9 Å². The molecule has 0 saturated carbocycles. The van der Waals surface area contributed by atoms with Crippen LogP contribution in [0.1, 0.15) is 41.6 Å². The third-order valence-electron chi connectivity index (χ3n) is 6.20. The Labute approximate surface area is 172 Å². The van der Waals surface area contributed by atoms with Gasteiger partial charge in [0.25, 0.3) is 5.91 Å². The van der Waals surface area contributed by atoms with Gasteiger partial charge < -0.3 is 20.0 Å². The van der Waals surface area contributed by atoms with Crippen LogP contribution in [0.25, 0.3) is 0 Å². The normalized spacial score (nSPS) is 19.9. The van der Waals surface area contributed by atoms with Crippen LogP contribution < -0.4 is 0 Å². The van der Waals surface area contributed by atoms with Gasteiger partial charge in [-0.3, -0.25) is 14.5 Å². The highest BCUT2D eigenvalue weighted by atomic mass is 16.4. The molecular formula is C22H33N3O4. The molecule has 0 unspecified atom stereocenters. The van der Waals surface area contributed by atoms with Crippen molar-refractivity contribution < 1.29 is 19.8 Å². The quantitative estimate of drug-likeness (QED) is 0.718. The number of aliphatic hydroxyl groups excluding tert-OH is 1. The van der Waals surface area contributed by atoms with Crippen molar-refractivity contribution in [1.29, 1.82) is 0 Å². The van der Waals surface area contributed by atoms with Gasteiger partial charge in [0.05, 0.1) is 12.0 Å². The Morgan fingerprint density at radius 1 is 1.00 bits per heavy atom. The molecule has 0 atom stereocenters. The summed E-state index contributed by atoms with van der Waals surface area (Å²) in [6.07, 6.45) is 2.85. The van der Waals surface area contributed by atoms with E-state index in [1.807, 2.05) is 31.3 Å². The third-order valence-corrected chi connectivity index (χ3v) is 6.20. The predicted octanol–water partition coefficient (Wildman–Crippen LogP) is 1.51. The molecule has 1 aromatic rings. The summed E-state index contributed by atoms with van der Waals surface area (Å²) in [5.74, 6) is -0.873. The Hall–Kier alpha value is -1.96. The molecule has 0 aliphatic carbocycles. The maximum absolute atomic E-state index is 12.7. The maximum atomic E-state index is 12.7. The molecule has 2 heterocycles. The number of aliphatic carboxylic acids is 1. The standard InChI is InChI=1S/C22H33N3O4/c1-23(14-15-24-12-8-20(26)9-13-24)21(27)18-4-2-17(3-5-18)16-25-10-6-19(7-11-25)22(28)29/h2-5,19-20,26H,6-16H2,1H3,(H,28,29). The smallest absolute Gasteiger partial charge is 0.306 e. The molecule has 3 rings (SSSR count). The average Bonchev–Trinajstić information content (AvgIpc) is 2.73. The molecule has 2 N–H and O–H groups in total. The molecule has 160 valence electrons. The molecule has 2 aliphatic heterocycles. The third kappa shape index (κ3) is 6.26. The fraction of sp³-hybridized carbons (Fsp3) is 0.636. The maximum Gasteiger partial charge on any atom is 0.306 e. The molecule has 29 heavy (non-hydrogen) atoms. The molecule has 2 fully saturated rings. The molecular weight excluding hydrogens is 370 g/mol. The number of nitrogens with zero attached hydrogens (tertiary/aromatic N) is 3. The van der Waals surface area contributed by atoms with Crippen molar-refractivity contribution >= 4 is 11.9 Å². The van der Waals surface area contributed by atoms with E-state index in [-0.39, 0.29) is 17.9 Å². The number of hydrogen-bond acceptors (Lipinski definition) is 5. The number of rotatable bonds is 7. The van der Waals surface area contributed by atoms with E-state index >= 15 is 0 Å². The van der Waals surface area contributed by atoms with E-state index in [1.54, 1.807) is 4.90 Å². The van der Waals surface area contributed by atoms with Gasteiger partial charge in [-0.1, -0.05) is 12.1 Å². The van der Waals surface area contributed by atoms with Gasteiger partial charge in [-0.05, 0) is 56.5 Å². The summed E-state index contributed by atoms with van der Waals surface area (Å²) >= 11 is 0. The van der Waals surface area contributed by atoms with Crippen LogP contribution >= 0.6 is 0 Å². The van der Waals surface area contributed by atoms with Gasteiger partial charge >= 0.3 is 5.97 Å². The predicted molar refractivity (Wildman–Crippen MR) is 111 cm³/mol. The molecule has 0 radical (unpaired) electrons. The van der Waals surface area contributed by atoms with Gasteiger partial charge in [0.2, 0.25) is 0 Å². The number of hydrogen-bond donors (Lipinski definition) is 2. The molecule has 0 spiro atoms. The van der Waals surface area contributed by atoms with Crippen molar-refractivity contribution in [3.63, 3.8) is 0 Å². The summed E-state index contributed by atoms with van der Waals surface area (Å²) in [6.45, 7) is 5.68. The van der Waals surface area contributed by atoms with E-state index in [2.05, 4.69) is 9.80 Å². The second-order valence-corrected chi connectivity index (χ2v) is 8.39. The van der Waals surface area contributed by atoms with Crippen LogP contribution in [-0.4, -0.2) is 89.2 Å². The van der Waals surface area contributed by atoms with Gasteiger partial charge in [0.15, 0.2) is 0 Å². The molecule has 7 nitrogen and oxygen atoms in total. The Balaban J connectivity index is 1.44. The fourth-order valence-corrected chi connectivity index (χ4v) is 4.11. The molecule has 2 aliphatic rings. The number of aliphatic hydroxyl groups is 1. The van der Waals surface area contributed by atoms with E-state index in [9.17, 15) is 14.7 Å². The first-order valence-electron chi connectivity index (χ1n) is 10.6. The van der Waals surface area contributed by atoms with E-state index in [4.69, 9.17) is 5.11 Å². The lowest BCUT2D eigenvalue weighted by molar-refractivity contribution is -0.143. The zero-order valence-electron chi connectivity index (χ0n) is 17.3. The Morgan fingerprint density at radius 3 is 2.17 bits per heavy atom. The lowest BCUT2D eigenvalue weighted by Crippen LogP contribution is -2.41. The number of carboxylic acid groups (broad SMARTS) is 1. The summed E-state index contributed by atoms with van der Waals surface area (Å²) in [4.78, 5) is 30.1. The topological polar surface area (TPSA) is 84.3 Å². The first-order valence-corrected chi connectivity index (χ1v) is 10.6. The Morgan fingerprint density at radius 2 is 1.59 bits per heavy atom. The van der Waals surface area contributed by atoms with Gasteiger partial charge in [-0.15, -0.1) is 0 Å². The van der Waals surface area contributed by atoms with Crippen LogP contribution in [0.3, 0.4) is 0 Å². The van der Waals surface area contributed by atoms with Crippen molar-refractivity contribution in [3.05, 3.63) is 35.4 Å². The minimum Gasteiger partial charge on any atom is -0.481 e. The highest BCUT2D eigenvalue weighted by Gasteiger charge is 2.24. The first kappa shape index (κ1) is 21.7. The second kappa shape index (κ2) is 10.2. The molecule has 0 aromatic heterocycles. The van der Waals surface area contributed by atoms with Crippen molar-refractivity contribution in [2.24, 2.45) is 5.92 Å². The number of carbonyl (C=O) groups is 2. The van der Waals surface area contributed by atoms with E-state index in [0.717, 1.165) is 57.7 Å². The Kier molecular flexibility index (Phi) is 7.64. The second-order valence-electron chi connectivity index (χ2n) is 8.39. The molecule has 2 saturated heterocycles. The minimum atomic E-state index is -0.686. The van der Waals surface area contributed by atoms with Crippen LogP contribution in [-0.2, 0) is 11.3 Å². The fourth-order valence-electron chi connectivity index (χ4n) is 4.11. The van der Waals surface area contributed by atoms with Crippen molar-refractivity contribution in [2.75, 3.05) is 46.3 Å². The van der Waals surface area contributed by atoms with Crippen molar-refractivity contribution in [2.45, 2.75) is 38.3 Å². The Bertz CT molecular complexity index is 678. The van der Waals surface area contributed by atoms with Crippen molar-refractivity contribution in [3.8, 4) is 0 Å². The lowest BCUT2D eigenvalue weighted by atomic mass is 9.97. The monoisotopic (exact) mass is 403 g/mol. The van der Waals surface area contributed by atoms with E-state index < -0.39 is 5.97 Å². The van der Waals surface area contributed by atoms with Crippen LogP contribution in [0.15, 0.2) is 24.3 Å². The van der Waals surface area contributed by atoms with Gasteiger partial charge in [-0.2, -0.15) is 0 Å². The van der Waals surface area contributed by atoms with Gasteiger partial charge in [0.1, 0.15) is 0 Å². The average molecular weight is 404 g/mol. The summed E-state index contributed by atoms with van der Waals surface area (Å²) in [5, 5.41) is 18.7. The van der Waals surface area contributed by atoms with E-state index in [1.165, 1.54) is 0 Å². The van der Waals surface area contributed by atoms with Crippen LogP contribution in [0.4, 0.5) is 0 Å². The van der Waals surface area contributed by atoms with Gasteiger partial charge in [0, 0.05) is 45.3 Å². The SMILES string of the molecule is CN(CCN1CCC(O)CC1)C(=O)c1ccc(CN2CCC(C(=O)O)CC2)cc1. The first-order chi connectivity index (χ1) is 13.9. The zero-order valence-corrected chi connectivity index (χ0v) is 17.3. The number of piperidine rings is 2. The summed E-state index contributed by atoms with van der Waals surface area (Å²) in [6, 6.07) is 7.76. The molecule has 7 heteroatoms. The van der Waals surface area contributed by atoms with Crippen molar-refractivity contribution in [1.82, 2.24) is 14.7 Å². The summed E-state index contributed by atoms with van der Waals surface area (Å²) < 4.78 is 0. The summed E-state index contributed by atoms with van der Waals surface area (Å²) in [7, 11) is 1.83. The molecule has 1 aromatic carbocycles. The van der Waals surface area contributed by atoms with Gasteiger partial charge in [-0.25, -0.2) is 0 Å². The van der Waals surface area contributed by atoms with Crippen LogP contribution in [0.2, 0.25) is 0 Å². The highest BCUT2D eigenvalue weighted by Crippen LogP contribution is 2.19. The molecule has 0 bridgehead atoms. The van der Waals surface area contributed by atoms with Crippen LogP contribution in [0.5, 0.6) is 0 Å². The number of benzene rings is 1. The lowest BCUT2D eigenvalue weighted by Gasteiger charge is -2.31. The minimum absolute atomic E-state index is 0.0240. The highest BCUT2D eigenvalue weighted by molar-refractivity contribution is 5.94. The largest absolute Gasteiger partial charge is 0.481 e. The molecule has 1 amide bonds. The number of amides is 1. The number of likely N-dealkylation sites (tertiary alicyclic amines) is 2. The summed E-state index contributed by atoms with van der Waals surface area (Å²) in [5.41, 5.74) is 1.83.